The fourth-order valence-corrected chi connectivity index (χ4v) is 1.78. The van der Waals surface area contributed by atoms with Crippen LogP contribution in [0.5, 0.6) is 0 Å². The molecule has 0 radical (unpaired) electrons. The van der Waals surface area contributed by atoms with Gasteiger partial charge >= 0.3 is 0 Å². The van der Waals surface area contributed by atoms with Crippen LogP contribution in [0.15, 0.2) is 29.1 Å². The maximum Gasteiger partial charge on any atom is 0.155 e. The molecule has 5 heteroatoms. The Kier molecular flexibility index (Phi) is 3.93. The Bertz CT molecular complexity index is 436. The molecule has 2 aromatic rings. The molecule has 5 nitrogen and oxygen atoms in total. The van der Waals surface area contributed by atoms with E-state index in [2.05, 4.69) is 17.0 Å². The van der Waals surface area contributed by atoms with Gasteiger partial charge in [-0.1, -0.05) is 6.92 Å². The van der Waals surface area contributed by atoms with Crippen LogP contribution in [0.3, 0.4) is 0 Å². The van der Waals surface area contributed by atoms with Crippen molar-refractivity contribution in [3.8, 4) is 0 Å². The minimum atomic E-state index is -0.589. The zero-order valence-electron chi connectivity index (χ0n) is 9.91. The first kappa shape index (κ1) is 11.9. The molecule has 1 atom stereocenters. The highest BCUT2D eigenvalue weighted by Crippen LogP contribution is 2.17. The van der Waals surface area contributed by atoms with Crippen LogP contribution in [0, 0.1) is 0 Å². The molecule has 2 aromatic heterocycles. The average molecular weight is 235 g/mol. The number of aryl methyl sites for hydroxylation is 2. The molecular formula is C12H17N3O2. The van der Waals surface area contributed by atoms with E-state index in [1.54, 1.807) is 10.9 Å². The van der Waals surface area contributed by atoms with E-state index in [4.69, 9.17) is 4.42 Å². The summed E-state index contributed by atoms with van der Waals surface area (Å²) in [6.07, 6.45) is 4.81. The molecule has 2 heterocycles. The number of nitrogens with zero attached hydrogens (tertiary/aromatic N) is 3. The fraction of sp³-hybridized carbons (Fsp3) is 0.500. The summed E-state index contributed by atoms with van der Waals surface area (Å²) in [4.78, 5) is 4.11. The Morgan fingerprint density at radius 1 is 1.53 bits per heavy atom. The van der Waals surface area contributed by atoms with Gasteiger partial charge in [-0.05, 0) is 25.0 Å². The van der Waals surface area contributed by atoms with Crippen molar-refractivity contribution >= 4 is 0 Å². The Balaban J connectivity index is 1.94. The lowest BCUT2D eigenvalue weighted by Gasteiger charge is -2.10. The SMILES string of the molecule is CCCn1ncnc1C(O)CCc1ccco1. The van der Waals surface area contributed by atoms with E-state index in [1.165, 1.54) is 6.33 Å². The van der Waals surface area contributed by atoms with Gasteiger partial charge in [-0.15, -0.1) is 0 Å². The molecule has 0 aliphatic heterocycles. The van der Waals surface area contributed by atoms with Crippen LogP contribution in [0.2, 0.25) is 0 Å². The van der Waals surface area contributed by atoms with Gasteiger partial charge in [0.15, 0.2) is 5.82 Å². The van der Waals surface area contributed by atoms with E-state index in [1.807, 2.05) is 12.1 Å². The summed E-state index contributed by atoms with van der Waals surface area (Å²) >= 11 is 0. The smallest absolute Gasteiger partial charge is 0.155 e. The van der Waals surface area contributed by atoms with Gasteiger partial charge < -0.3 is 9.52 Å². The highest BCUT2D eigenvalue weighted by Gasteiger charge is 2.15. The van der Waals surface area contributed by atoms with Gasteiger partial charge in [-0.2, -0.15) is 5.10 Å². The van der Waals surface area contributed by atoms with Crippen molar-refractivity contribution < 1.29 is 9.52 Å². The molecule has 1 unspecified atom stereocenters. The van der Waals surface area contributed by atoms with Crippen LogP contribution in [0.4, 0.5) is 0 Å². The number of rotatable bonds is 6. The second-order valence-electron chi connectivity index (χ2n) is 3.98. The van der Waals surface area contributed by atoms with Crippen LogP contribution in [0.1, 0.15) is 37.5 Å². The van der Waals surface area contributed by atoms with Crippen LogP contribution in [-0.2, 0) is 13.0 Å². The monoisotopic (exact) mass is 235 g/mol. The summed E-state index contributed by atoms with van der Waals surface area (Å²) in [5, 5.41) is 14.1. The summed E-state index contributed by atoms with van der Waals surface area (Å²) in [6, 6.07) is 3.75. The van der Waals surface area contributed by atoms with Crippen LogP contribution < -0.4 is 0 Å². The summed E-state index contributed by atoms with van der Waals surface area (Å²) in [5.41, 5.74) is 0. The molecule has 17 heavy (non-hydrogen) atoms. The molecule has 0 saturated carbocycles. The first-order chi connectivity index (χ1) is 8.31. The molecular weight excluding hydrogens is 218 g/mol. The van der Waals surface area contributed by atoms with Gasteiger partial charge in [0.05, 0.1) is 6.26 Å². The van der Waals surface area contributed by atoms with Gasteiger partial charge in [0.1, 0.15) is 18.2 Å². The molecule has 0 aliphatic carbocycles. The summed E-state index contributed by atoms with van der Waals surface area (Å²) in [6.45, 7) is 2.85. The highest BCUT2D eigenvalue weighted by atomic mass is 16.3. The van der Waals surface area contributed by atoms with Crippen molar-refractivity contribution in [2.75, 3.05) is 0 Å². The van der Waals surface area contributed by atoms with Crippen LogP contribution in [-0.4, -0.2) is 19.9 Å². The number of hydrogen-bond donors (Lipinski definition) is 1. The van der Waals surface area contributed by atoms with E-state index >= 15 is 0 Å². The van der Waals surface area contributed by atoms with Crippen LogP contribution >= 0.6 is 0 Å². The molecule has 0 spiro atoms. The molecule has 0 aromatic carbocycles. The van der Waals surface area contributed by atoms with Gasteiger partial charge in [0, 0.05) is 13.0 Å². The average Bonchev–Trinajstić information content (AvgIpc) is 2.97. The van der Waals surface area contributed by atoms with Crippen molar-refractivity contribution in [2.45, 2.75) is 38.8 Å². The molecule has 0 aliphatic rings. The fourth-order valence-electron chi connectivity index (χ4n) is 1.78. The molecule has 92 valence electrons. The standard InChI is InChI=1S/C12H17N3O2/c1-2-7-15-12(13-9-14-15)11(16)6-5-10-4-3-8-17-10/h3-4,8-9,11,16H,2,5-7H2,1H3. The van der Waals surface area contributed by atoms with Crippen molar-refractivity contribution in [3.05, 3.63) is 36.3 Å². The van der Waals surface area contributed by atoms with Crippen molar-refractivity contribution in [1.29, 1.82) is 0 Å². The molecule has 1 N–H and O–H groups in total. The highest BCUT2D eigenvalue weighted by molar-refractivity contribution is 5.00. The predicted molar refractivity (Wildman–Crippen MR) is 62.3 cm³/mol. The molecule has 0 amide bonds. The largest absolute Gasteiger partial charge is 0.469 e. The van der Waals surface area contributed by atoms with E-state index in [-0.39, 0.29) is 0 Å². The molecule has 0 fully saturated rings. The van der Waals surface area contributed by atoms with E-state index in [0.29, 0.717) is 18.7 Å². The number of furan rings is 1. The second-order valence-corrected chi connectivity index (χ2v) is 3.98. The summed E-state index contributed by atoms with van der Waals surface area (Å²) in [5.74, 6) is 1.52. The quantitative estimate of drug-likeness (QED) is 0.831. The Hall–Kier alpha value is -1.62. The topological polar surface area (TPSA) is 64.1 Å². The number of aliphatic hydroxyl groups is 1. The molecule has 2 rings (SSSR count). The van der Waals surface area contributed by atoms with Crippen molar-refractivity contribution in [3.63, 3.8) is 0 Å². The zero-order valence-corrected chi connectivity index (χ0v) is 9.91. The lowest BCUT2D eigenvalue weighted by molar-refractivity contribution is 0.149. The lowest BCUT2D eigenvalue weighted by Crippen LogP contribution is -2.11. The second kappa shape index (κ2) is 5.63. The third kappa shape index (κ3) is 2.94. The minimum absolute atomic E-state index is 0.589. The van der Waals surface area contributed by atoms with Crippen molar-refractivity contribution in [1.82, 2.24) is 14.8 Å². The van der Waals surface area contributed by atoms with Gasteiger partial charge in [-0.25, -0.2) is 9.67 Å². The van der Waals surface area contributed by atoms with Gasteiger partial charge in [0.2, 0.25) is 0 Å². The van der Waals surface area contributed by atoms with Crippen molar-refractivity contribution in [2.24, 2.45) is 0 Å². The zero-order chi connectivity index (χ0) is 12.1. The predicted octanol–water partition coefficient (Wildman–Crippen LogP) is 1.95. The third-order valence-electron chi connectivity index (χ3n) is 2.62. The minimum Gasteiger partial charge on any atom is -0.469 e. The van der Waals surface area contributed by atoms with Gasteiger partial charge in [-0.3, -0.25) is 0 Å². The normalized spacial score (nSPS) is 12.8. The number of hydrogen-bond acceptors (Lipinski definition) is 4. The first-order valence-electron chi connectivity index (χ1n) is 5.89. The van der Waals surface area contributed by atoms with Gasteiger partial charge in [0.25, 0.3) is 0 Å². The number of aliphatic hydroxyl groups excluding tert-OH is 1. The lowest BCUT2D eigenvalue weighted by atomic mass is 10.1. The number of aromatic nitrogens is 3. The molecule has 0 saturated heterocycles. The first-order valence-corrected chi connectivity index (χ1v) is 5.89. The Morgan fingerprint density at radius 3 is 3.12 bits per heavy atom. The van der Waals surface area contributed by atoms with E-state index in [9.17, 15) is 5.11 Å². The van der Waals surface area contributed by atoms with Crippen LogP contribution in [0.25, 0.3) is 0 Å². The summed E-state index contributed by atoms with van der Waals surface area (Å²) in [7, 11) is 0. The Morgan fingerprint density at radius 2 is 2.41 bits per heavy atom. The Labute approximate surface area is 100 Å². The maximum atomic E-state index is 10.1. The maximum absolute atomic E-state index is 10.1. The summed E-state index contributed by atoms with van der Waals surface area (Å²) < 4.78 is 6.98. The van der Waals surface area contributed by atoms with E-state index < -0.39 is 6.10 Å². The van der Waals surface area contributed by atoms with E-state index in [0.717, 1.165) is 18.7 Å². The third-order valence-corrected chi connectivity index (χ3v) is 2.62. The molecule has 0 bridgehead atoms.